The van der Waals surface area contributed by atoms with Crippen LogP contribution < -0.4 is 14.8 Å². The molecule has 13 nitrogen and oxygen atoms in total. The standard InChI is InChI=1S/C33H52N6O7S/c1-23-18-39(24(2)21-40)32(41)28-17-27(36-47(43,44)31-20-37(4)22-34-31)14-15-29(28)46-25(3)11-9-10-16-45-30(23)19-38(5)33(42)35-26-12-7-6-8-13-26/h14-15,17,20,22-26,30,36,40H,6-13,16,18-19,21H2,1-5H3,(H,35,42)/t23-,24+,25-,30+/m0/s1. The van der Waals surface area contributed by atoms with E-state index in [1.807, 2.05) is 13.8 Å². The van der Waals surface area contributed by atoms with Crippen LogP contribution in [-0.2, 0) is 21.8 Å². The fraction of sp³-hybridized carbons (Fsp3) is 0.667. The molecule has 4 atom stereocenters. The summed E-state index contributed by atoms with van der Waals surface area (Å²) < 4.78 is 42.8. The van der Waals surface area contributed by atoms with E-state index in [-0.39, 0.29) is 59.6 Å². The minimum atomic E-state index is -4.02. The van der Waals surface area contributed by atoms with Gasteiger partial charge in [-0.05, 0) is 64.2 Å². The first kappa shape index (κ1) is 36.5. The fourth-order valence-corrected chi connectivity index (χ4v) is 7.10. The Hall–Kier alpha value is -3.36. The number of ether oxygens (including phenoxy) is 2. The number of aryl methyl sites for hydroxylation is 1. The maximum absolute atomic E-state index is 14.3. The van der Waals surface area contributed by atoms with Crippen molar-refractivity contribution < 1.29 is 32.6 Å². The van der Waals surface area contributed by atoms with Crippen LogP contribution in [0.3, 0.4) is 0 Å². The van der Waals surface area contributed by atoms with Crippen LogP contribution in [0.5, 0.6) is 5.75 Å². The van der Waals surface area contributed by atoms with E-state index in [2.05, 4.69) is 15.0 Å². The van der Waals surface area contributed by atoms with Crippen molar-refractivity contribution in [2.75, 3.05) is 38.1 Å². The van der Waals surface area contributed by atoms with Gasteiger partial charge in [0.05, 0.1) is 36.7 Å². The van der Waals surface area contributed by atoms with Gasteiger partial charge in [0.25, 0.3) is 15.9 Å². The summed E-state index contributed by atoms with van der Waals surface area (Å²) in [4.78, 5) is 34.6. The summed E-state index contributed by atoms with van der Waals surface area (Å²) in [6, 6.07) is 4.11. The summed E-state index contributed by atoms with van der Waals surface area (Å²) in [5.41, 5.74) is 0.348. The van der Waals surface area contributed by atoms with Crippen molar-refractivity contribution in [1.29, 1.82) is 0 Å². The summed E-state index contributed by atoms with van der Waals surface area (Å²) in [5.74, 6) is -0.302. The molecule has 1 fully saturated rings. The Morgan fingerprint density at radius 1 is 1.15 bits per heavy atom. The van der Waals surface area contributed by atoms with E-state index in [1.165, 1.54) is 29.6 Å². The SMILES string of the molecule is C[C@H](CO)N1C[C@H](C)[C@@H](CN(C)C(=O)NC2CCCCC2)OCCCC[C@H](C)Oc2ccc(NS(=O)(=O)c3cn(C)cn3)cc2C1=O. The topological polar surface area (TPSA) is 155 Å². The van der Waals surface area contributed by atoms with Crippen LogP contribution in [0.15, 0.2) is 35.7 Å². The molecule has 14 heteroatoms. The number of rotatable bonds is 8. The van der Waals surface area contributed by atoms with E-state index >= 15 is 0 Å². The second kappa shape index (κ2) is 16.6. The largest absolute Gasteiger partial charge is 0.490 e. The molecule has 1 saturated carbocycles. The van der Waals surface area contributed by atoms with Crippen molar-refractivity contribution in [2.45, 2.75) is 101 Å². The van der Waals surface area contributed by atoms with Gasteiger partial charge in [0.1, 0.15) is 5.75 Å². The molecule has 3 amide bonds. The summed E-state index contributed by atoms with van der Waals surface area (Å²) in [5, 5.41) is 13.2. The molecule has 0 bridgehead atoms. The van der Waals surface area contributed by atoms with Crippen LogP contribution in [0.25, 0.3) is 0 Å². The van der Waals surface area contributed by atoms with Crippen molar-refractivity contribution in [3.05, 3.63) is 36.3 Å². The van der Waals surface area contributed by atoms with Crippen LogP contribution in [0.2, 0.25) is 0 Å². The number of hydrogen-bond donors (Lipinski definition) is 3. The van der Waals surface area contributed by atoms with Crippen LogP contribution >= 0.6 is 0 Å². The van der Waals surface area contributed by atoms with E-state index in [0.29, 0.717) is 25.3 Å². The number of likely N-dealkylation sites (N-methyl/N-ethyl adjacent to an activating group) is 1. The number of fused-ring (bicyclic) bond motifs is 1. The van der Waals surface area contributed by atoms with Gasteiger partial charge in [-0.3, -0.25) is 9.52 Å². The van der Waals surface area contributed by atoms with Gasteiger partial charge in [-0.2, -0.15) is 8.42 Å². The minimum Gasteiger partial charge on any atom is -0.490 e. The number of anilines is 1. The van der Waals surface area contributed by atoms with Gasteiger partial charge in [-0.1, -0.05) is 26.2 Å². The molecule has 0 radical (unpaired) electrons. The molecule has 1 aromatic heterocycles. The third kappa shape index (κ3) is 10.1. The molecule has 2 aliphatic rings. The number of aromatic nitrogens is 2. The molecule has 4 rings (SSSR count). The molecular weight excluding hydrogens is 624 g/mol. The molecule has 1 aromatic carbocycles. The summed E-state index contributed by atoms with van der Waals surface area (Å²) in [7, 11) is -0.577. The Morgan fingerprint density at radius 2 is 1.87 bits per heavy atom. The molecule has 1 aliphatic carbocycles. The number of aliphatic hydroxyl groups is 1. The molecule has 47 heavy (non-hydrogen) atoms. The lowest BCUT2D eigenvalue weighted by Gasteiger charge is -2.36. The Bertz CT molecular complexity index is 1440. The highest BCUT2D eigenvalue weighted by Crippen LogP contribution is 2.29. The number of nitrogens with zero attached hydrogens (tertiary/aromatic N) is 4. The number of aliphatic hydroxyl groups excluding tert-OH is 1. The lowest BCUT2D eigenvalue weighted by atomic mass is 9.96. The molecular formula is C33H52N6O7S. The number of benzene rings is 1. The highest BCUT2D eigenvalue weighted by atomic mass is 32.2. The Balaban J connectivity index is 1.60. The monoisotopic (exact) mass is 676 g/mol. The molecule has 262 valence electrons. The zero-order valence-corrected chi connectivity index (χ0v) is 29.2. The Labute approximate surface area is 279 Å². The van der Waals surface area contributed by atoms with Crippen molar-refractivity contribution >= 4 is 27.6 Å². The lowest BCUT2D eigenvalue weighted by molar-refractivity contribution is -0.0123. The van der Waals surface area contributed by atoms with Gasteiger partial charge in [-0.25, -0.2) is 9.78 Å². The predicted octanol–water partition coefficient (Wildman–Crippen LogP) is 3.99. The van der Waals surface area contributed by atoms with Gasteiger partial charge in [0.15, 0.2) is 5.03 Å². The van der Waals surface area contributed by atoms with Crippen LogP contribution in [-0.4, -0.2) is 102 Å². The van der Waals surface area contributed by atoms with Crippen molar-refractivity contribution in [1.82, 2.24) is 24.7 Å². The molecule has 2 heterocycles. The zero-order chi connectivity index (χ0) is 34.1. The van der Waals surface area contributed by atoms with E-state index < -0.39 is 22.0 Å². The summed E-state index contributed by atoms with van der Waals surface area (Å²) in [6.45, 7) is 6.44. The third-order valence-electron chi connectivity index (χ3n) is 8.99. The van der Waals surface area contributed by atoms with Crippen molar-refractivity contribution in [2.24, 2.45) is 13.0 Å². The maximum Gasteiger partial charge on any atom is 0.317 e. The van der Waals surface area contributed by atoms with Crippen LogP contribution in [0.1, 0.15) is 82.5 Å². The van der Waals surface area contributed by atoms with Crippen LogP contribution in [0.4, 0.5) is 10.5 Å². The quantitative estimate of drug-likeness (QED) is 0.379. The number of carbonyl (C=O) groups is 2. The van der Waals surface area contributed by atoms with Crippen molar-refractivity contribution in [3.8, 4) is 5.75 Å². The fourth-order valence-electron chi connectivity index (χ4n) is 6.07. The number of urea groups is 1. The van der Waals surface area contributed by atoms with Gasteiger partial charge in [0.2, 0.25) is 0 Å². The molecule has 0 saturated heterocycles. The number of nitrogens with one attached hydrogen (secondary N) is 2. The van der Waals surface area contributed by atoms with E-state index in [9.17, 15) is 23.1 Å². The Kier molecular flexibility index (Phi) is 12.9. The minimum absolute atomic E-state index is 0.135. The predicted molar refractivity (Wildman–Crippen MR) is 179 cm³/mol. The third-order valence-corrected chi connectivity index (χ3v) is 10.3. The molecule has 0 spiro atoms. The second-order valence-electron chi connectivity index (χ2n) is 13.2. The number of sulfonamides is 1. The van der Waals surface area contributed by atoms with Gasteiger partial charge in [-0.15, -0.1) is 0 Å². The van der Waals surface area contributed by atoms with Gasteiger partial charge >= 0.3 is 6.03 Å². The molecule has 1 aliphatic heterocycles. The first-order chi connectivity index (χ1) is 22.4. The van der Waals surface area contributed by atoms with E-state index in [0.717, 1.165) is 38.5 Å². The average molecular weight is 677 g/mol. The number of imidazole rings is 1. The molecule has 0 unspecified atom stereocenters. The average Bonchev–Trinajstić information content (AvgIpc) is 3.50. The highest BCUT2D eigenvalue weighted by molar-refractivity contribution is 7.92. The first-order valence-corrected chi connectivity index (χ1v) is 18.2. The number of amides is 3. The van der Waals surface area contributed by atoms with E-state index in [1.54, 1.807) is 43.0 Å². The molecule has 3 N–H and O–H groups in total. The zero-order valence-electron chi connectivity index (χ0n) is 28.4. The van der Waals surface area contributed by atoms with Crippen molar-refractivity contribution in [3.63, 3.8) is 0 Å². The maximum atomic E-state index is 14.3. The second-order valence-corrected chi connectivity index (χ2v) is 14.8. The van der Waals surface area contributed by atoms with Gasteiger partial charge in [0, 0.05) is 57.6 Å². The van der Waals surface area contributed by atoms with Gasteiger partial charge < -0.3 is 34.3 Å². The Morgan fingerprint density at radius 3 is 2.55 bits per heavy atom. The summed E-state index contributed by atoms with van der Waals surface area (Å²) >= 11 is 0. The lowest BCUT2D eigenvalue weighted by Crippen LogP contribution is -2.50. The highest BCUT2D eigenvalue weighted by Gasteiger charge is 2.31. The summed E-state index contributed by atoms with van der Waals surface area (Å²) in [6.07, 6.45) is 9.95. The number of hydrogen-bond acceptors (Lipinski definition) is 8. The normalized spacial score (nSPS) is 22.8. The molecule has 2 aromatic rings. The van der Waals surface area contributed by atoms with Crippen LogP contribution in [0, 0.1) is 5.92 Å². The first-order valence-electron chi connectivity index (χ1n) is 16.7. The number of carbonyl (C=O) groups excluding carboxylic acids is 2. The smallest absolute Gasteiger partial charge is 0.317 e. The van der Waals surface area contributed by atoms with E-state index in [4.69, 9.17) is 9.47 Å².